The van der Waals surface area contributed by atoms with Gasteiger partial charge in [0.05, 0.1) is 13.2 Å². The molecule has 94 valence electrons. The minimum Gasteiger partial charge on any atom is -0.394 e. The van der Waals surface area contributed by atoms with E-state index in [4.69, 9.17) is 19.7 Å². The van der Waals surface area contributed by atoms with Crippen LogP contribution in [0.2, 0.25) is 0 Å². The number of hydrogen-bond donors (Lipinski definition) is 3. The Morgan fingerprint density at radius 2 is 1.82 bits per heavy atom. The third kappa shape index (κ3) is 2.29. The summed E-state index contributed by atoms with van der Waals surface area (Å²) < 4.78 is 11.5. The predicted octanol–water partition coefficient (Wildman–Crippen LogP) is -2.24. The molecule has 17 heavy (non-hydrogen) atoms. The summed E-state index contributed by atoms with van der Waals surface area (Å²) in [6.45, 7) is -0.667. The minimum absolute atomic E-state index is 0.334. The molecule has 1 aromatic heterocycles. The largest absolute Gasteiger partial charge is 0.394 e. The summed E-state index contributed by atoms with van der Waals surface area (Å²) in [5.41, 5.74) is -1.21. The lowest BCUT2D eigenvalue weighted by Gasteiger charge is -2.11. The fourth-order valence-electron chi connectivity index (χ4n) is 1.55. The summed E-state index contributed by atoms with van der Waals surface area (Å²) >= 11 is 0. The number of hydrogen-bond acceptors (Lipinski definition) is 6. The highest BCUT2D eigenvalue weighted by atomic mass is 16.8. The van der Waals surface area contributed by atoms with Crippen LogP contribution in [0.5, 0.6) is 0 Å². The second-order valence-electron chi connectivity index (χ2n) is 3.54. The highest BCUT2D eigenvalue weighted by Crippen LogP contribution is 2.24. The van der Waals surface area contributed by atoms with Crippen molar-refractivity contribution in [1.82, 2.24) is 9.55 Å². The van der Waals surface area contributed by atoms with Crippen LogP contribution < -0.4 is 11.2 Å². The average molecular weight is 244 g/mol. The molecule has 1 aliphatic rings. The Morgan fingerprint density at radius 3 is 2.29 bits per heavy atom. The van der Waals surface area contributed by atoms with Crippen LogP contribution in [0.15, 0.2) is 21.9 Å². The Morgan fingerprint density at radius 1 is 1.24 bits per heavy atom. The predicted molar refractivity (Wildman–Crippen MR) is 54.3 cm³/mol. The molecule has 1 aliphatic heterocycles. The summed E-state index contributed by atoms with van der Waals surface area (Å²) in [6.07, 6.45) is -1.25. The van der Waals surface area contributed by atoms with Gasteiger partial charge in [0.25, 0.3) is 5.56 Å². The second-order valence-corrected chi connectivity index (χ2v) is 3.54. The van der Waals surface area contributed by atoms with E-state index in [0.717, 1.165) is 10.6 Å². The fourth-order valence-corrected chi connectivity index (χ4v) is 1.55. The smallest absolute Gasteiger partial charge is 0.332 e. The van der Waals surface area contributed by atoms with Gasteiger partial charge in [-0.25, -0.2) is 4.79 Å². The van der Waals surface area contributed by atoms with Crippen LogP contribution in [0.3, 0.4) is 0 Å². The molecule has 0 aromatic carbocycles. The van der Waals surface area contributed by atoms with Crippen molar-refractivity contribution >= 4 is 0 Å². The molecule has 2 unspecified atom stereocenters. The summed E-state index contributed by atoms with van der Waals surface area (Å²) in [6, 6.07) is 1.15. The second kappa shape index (κ2) is 4.80. The number of rotatable bonds is 3. The summed E-state index contributed by atoms with van der Waals surface area (Å²) in [4.78, 5) is 24.4. The number of nitrogens with zero attached hydrogens (tertiary/aromatic N) is 1. The molecule has 0 bridgehead atoms. The highest BCUT2D eigenvalue weighted by Gasteiger charge is 2.36. The zero-order valence-corrected chi connectivity index (χ0v) is 8.78. The van der Waals surface area contributed by atoms with Gasteiger partial charge in [0.1, 0.15) is 12.2 Å². The quantitative estimate of drug-likeness (QED) is 0.554. The SMILES string of the molecule is O=c1ccn(C2OC(CO)C(CO)O2)c(=O)[nH]1. The molecule has 3 N–H and O–H groups in total. The third-order valence-corrected chi connectivity index (χ3v) is 2.44. The number of aromatic amines is 1. The lowest BCUT2D eigenvalue weighted by Crippen LogP contribution is -2.32. The van der Waals surface area contributed by atoms with E-state index in [2.05, 4.69) is 0 Å². The normalized spacial score (nSPS) is 28.5. The maximum absolute atomic E-state index is 11.4. The van der Waals surface area contributed by atoms with Gasteiger partial charge in [0.15, 0.2) is 0 Å². The molecule has 8 nitrogen and oxygen atoms in total. The van der Waals surface area contributed by atoms with Crippen molar-refractivity contribution in [1.29, 1.82) is 0 Å². The Balaban J connectivity index is 2.25. The van der Waals surface area contributed by atoms with Crippen LogP contribution in [0, 0.1) is 0 Å². The van der Waals surface area contributed by atoms with Crippen LogP contribution in [-0.4, -0.2) is 45.2 Å². The van der Waals surface area contributed by atoms with Crippen molar-refractivity contribution in [3.8, 4) is 0 Å². The highest BCUT2D eigenvalue weighted by molar-refractivity contribution is 4.85. The number of H-pyrrole nitrogens is 1. The van der Waals surface area contributed by atoms with Crippen molar-refractivity contribution in [3.05, 3.63) is 33.1 Å². The number of aliphatic hydroxyl groups is 2. The van der Waals surface area contributed by atoms with Crippen molar-refractivity contribution in [2.45, 2.75) is 18.6 Å². The van der Waals surface area contributed by atoms with Crippen molar-refractivity contribution < 1.29 is 19.7 Å². The zero-order chi connectivity index (χ0) is 12.4. The van der Waals surface area contributed by atoms with Gasteiger partial charge in [-0.3, -0.25) is 14.3 Å². The molecule has 0 radical (unpaired) electrons. The van der Waals surface area contributed by atoms with E-state index in [9.17, 15) is 9.59 Å². The molecule has 2 rings (SSSR count). The molecule has 1 saturated heterocycles. The van der Waals surface area contributed by atoms with Crippen LogP contribution >= 0.6 is 0 Å². The maximum atomic E-state index is 11.4. The average Bonchev–Trinajstić information content (AvgIpc) is 2.72. The molecule has 0 spiro atoms. The Kier molecular flexibility index (Phi) is 3.38. The fraction of sp³-hybridized carbons (Fsp3) is 0.556. The van der Waals surface area contributed by atoms with Gasteiger partial charge in [-0.05, 0) is 0 Å². The molecular formula is C9H12N2O6. The maximum Gasteiger partial charge on any atom is 0.332 e. The minimum atomic E-state index is -1.06. The van der Waals surface area contributed by atoms with E-state index >= 15 is 0 Å². The number of nitrogens with one attached hydrogen (secondary N) is 1. The van der Waals surface area contributed by atoms with E-state index in [0.29, 0.717) is 0 Å². The monoisotopic (exact) mass is 244 g/mol. The summed E-state index contributed by atoms with van der Waals surface area (Å²) in [7, 11) is 0. The van der Waals surface area contributed by atoms with E-state index in [-0.39, 0.29) is 13.2 Å². The third-order valence-electron chi connectivity index (χ3n) is 2.44. The van der Waals surface area contributed by atoms with Crippen molar-refractivity contribution in [2.24, 2.45) is 0 Å². The van der Waals surface area contributed by atoms with Crippen LogP contribution in [-0.2, 0) is 9.47 Å². The number of aliphatic hydroxyl groups excluding tert-OH is 2. The van der Waals surface area contributed by atoms with Crippen LogP contribution in [0.1, 0.15) is 6.41 Å². The lowest BCUT2D eigenvalue weighted by molar-refractivity contribution is -0.131. The van der Waals surface area contributed by atoms with Crippen LogP contribution in [0.25, 0.3) is 0 Å². The Hall–Kier alpha value is -1.48. The zero-order valence-electron chi connectivity index (χ0n) is 8.78. The lowest BCUT2D eigenvalue weighted by atomic mass is 10.2. The van der Waals surface area contributed by atoms with Gasteiger partial charge >= 0.3 is 5.69 Å². The van der Waals surface area contributed by atoms with Crippen LogP contribution in [0.4, 0.5) is 0 Å². The first-order valence-electron chi connectivity index (χ1n) is 5.00. The molecule has 1 aromatic rings. The van der Waals surface area contributed by atoms with Gasteiger partial charge < -0.3 is 19.7 Å². The Labute approximate surface area is 95.0 Å². The van der Waals surface area contributed by atoms with E-state index in [1.54, 1.807) is 0 Å². The molecule has 0 saturated carbocycles. The first-order valence-corrected chi connectivity index (χ1v) is 5.00. The topological polar surface area (TPSA) is 114 Å². The van der Waals surface area contributed by atoms with E-state index < -0.39 is 29.9 Å². The molecule has 2 atom stereocenters. The first-order chi connectivity index (χ1) is 8.15. The number of aromatic nitrogens is 2. The van der Waals surface area contributed by atoms with Gasteiger partial charge in [0, 0.05) is 12.3 Å². The molecule has 8 heteroatoms. The van der Waals surface area contributed by atoms with Gasteiger partial charge in [-0.2, -0.15) is 0 Å². The molecule has 0 aliphatic carbocycles. The van der Waals surface area contributed by atoms with Crippen molar-refractivity contribution in [2.75, 3.05) is 13.2 Å². The Bertz CT molecular complexity index is 483. The van der Waals surface area contributed by atoms with Gasteiger partial charge in [-0.15, -0.1) is 0 Å². The summed E-state index contributed by atoms with van der Waals surface area (Å²) in [5.74, 6) is 0. The van der Waals surface area contributed by atoms with Crippen molar-refractivity contribution in [3.63, 3.8) is 0 Å². The van der Waals surface area contributed by atoms with Gasteiger partial charge in [0.2, 0.25) is 6.41 Å². The standard InChI is InChI=1S/C9H12N2O6/c12-3-5-6(4-13)17-9(16-5)11-2-1-7(14)10-8(11)15/h1-2,5-6,9,12-13H,3-4H2,(H,10,14,15). The number of ether oxygens (including phenoxy) is 2. The van der Waals surface area contributed by atoms with Gasteiger partial charge in [-0.1, -0.05) is 0 Å². The molecule has 1 fully saturated rings. The molecule has 0 amide bonds. The van der Waals surface area contributed by atoms with E-state index in [1.165, 1.54) is 6.20 Å². The molecular weight excluding hydrogens is 232 g/mol. The molecule has 2 heterocycles. The first kappa shape index (κ1) is 12.0. The summed E-state index contributed by atoms with van der Waals surface area (Å²) in [5, 5.41) is 18.0. The van der Waals surface area contributed by atoms with E-state index in [1.807, 2.05) is 4.98 Å².